The first-order valence-electron chi connectivity index (χ1n) is 16.9. The fraction of sp³-hybridized carbons (Fsp3) is 1.00. The monoisotopic (exact) mass is 874 g/mol. The van der Waals surface area contributed by atoms with E-state index < -0.39 is 93.7 Å². The van der Waals surface area contributed by atoms with E-state index in [0.717, 1.165) is 0 Å². The van der Waals surface area contributed by atoms with Gasteiger partial charge in [0.2, 0.25) is 0 Å². The Morgan fingerprint density at radius 2 is 0.417 bits per heavy atom. The smallest absolute Gasteiger partial charge is 0.417 e. The summed E-state index contributed by atoms with van der Waals surface area (Å²) in [6, 6.07) is 0. The lowest BCUT2D eigenvalue weighted by atomic mass is 11.8. The van der Waals surface area contributed by atoms with Crippen LogP contribution in [0.4, 0.5) is 0 Å². The molecule has 1 atom stereocenters. The molecule has 0 amide bonds. The van der Waals surface area contributed by atoms with E-state index in [1.807, 2.05) is 39.3 Å². The highest BCUT2D eigenvalue weighted by Crippen LogP contribution is 2.33. The molecule has 11 nitrogen and oxygen atoms in total. The fourth-order valence-electron chi connectivity index (χ4n) is 4.25. The molecule has 0 saturated carbocycles. The molecule has 0 aromatic carbocycles. The van der Waals surface area contributed by atoms with Gasteiger partial charge in [-0.1, -0.05) is 0 Å². The van der Waals surface area contributed by atoms with Crippen molar-refractivity contribution in [1.82, 2.24) is 0 Å². The molecule has 292 valence electrons. The van der Waals surface area contributed by atoms with Crippen molar-refractivity contribution in [2.75, 3.05) is 14.2 Å². The van der Waals surface area contributed by atoms with Gasteiger partial charge in [0.05, 0.1) is 0 Å². The number of hydrogen-bond donors (Lipinski definition) is 0. The second kappa shape index (κ2) is 18.1. The van der Waals surface area contributed by atoms with E-state index >= 15 is 0 Å². The molecular formula is C26H78O11Si11. The van der Waals surface area contributed by atoms with Gasteiger partial charge < -0.3 is 45.9 Å². The molecule has 0 radical (unpaired) electrons. The van der Waals surface area contributed by atoms with Crippen molar-refractivity contribution in [2.24, 2.45) is 0 Å². The van der Waals surface area contributed by atoms with Crippen LogP contribution in [-0.4, -0.2) is 108 Å². The second-order valence-electron chi connectivity index (χ2n) is 19.0. The summed E-state index contributed by atoms with van der Waals surface area (Å²) in [7, 11) is -22.3. The summed E-state index contributed by atoms with van der Waals surface area (Å²) in [4.78, 5) is 0. The summed E-state index contributed by atoms with van der Waals surface area (Å²) in [6.07, 6.45) is 0. The summed E-state index contributed by atoms with van der Waals surface area (Å²) in [5.74, 6) is 0. The molecule has 0 aliphatic carbocycles. The van der Waals surface area contributed by atoms with Crippen molar-refractivity contribution >= 4 is 93.7 Å². The molecule has 22 heteroatoms. The van der Waals surface area contributed by atoms with E-state index in [-0.39, 0.29) is 0 Å². The van der Waals surface area contributed by atoms with Gasteiger partial charge in [0.15, 0.2) is 49.9 Å². The van der Waals surface area contributed by atoms with Crippen LogP contribution in [0, 0.1) is 0 Å². The normalized spacial score (nSPS) is 16.4. The third-order valence-electron chi connectivity index (χ3n) is 4.92. The lowest BCUT2D eigenvalue weighted by Crippen LogP contribution is -2.69. The predicted octanol–water partition coefficient (Wildman–Crippen LogP) is 9.40. The van der Waals surface area contributed by atoms with E-state index in [9.17, 15) is 0 Å². The molecule has 0 fully saturated rings. The molecule has 48 heavy (non-hydrogen) atoms. The largest absolute Gasteiger partial charge is 0.640 e. The lowest BCUT2D eigenvalue weighted by Gasteiger charge is -2.46. The highest BCUT2D eigenvalue weighted by molar-refractivity contribution is 6.93. The van der Waals surface area contributed by atoms with Crippen molar-refractivity contribution in [3.8, 4) is 0 Å². The molecule has 0 aromatic rings. The van der Waals surface area contributed by atoms with Gasteiger partial charge in [-0.2, -0.15) is 0 Å². The van der Waals surface area contributed by atoms with Crippen molar-refractivity contribution in [3.63, 3.8) is 0 Å². The molecule has 0 bridgehead atoms. The van der Waals surface area contributed by atoms with Gasteiger partial charge in [-0.15, -0.1) is 0 Å². The van der Waals surface area contributed by atoms with Crippen LogP contribution < -0.4 is 0 Å². The molecule has 0 spiro atoms. The maximum absolute atomic E-state index is 6.83. The summed E-state index contributed by atoms with van der Waals surface area (Å²) in [5.41, 5.74) is 0. The summed E-state index contributed by atoms with van der Waals surface area (Å²) < 4.78 is 69.9. The van der Waals surface area contributed by atoms with Gasteiger partial charge >= 0.3 is 43.8 Å². The van der Waals surface area contributed by atoms with Crippen LogP contribution >= 0.6 is 0 Å². The van der Waals surface area contributed by atoms with Gasteiger partial charge in [0.25, 0.3) is 0 Å². The molecule has 1 unspecified atom stereocenters. The van der Waals surface area contributed by atoms with Crippen LogP contribution in [0.3, 0.4) is 0 Å². The Hall–Kier alpha value is 1.95. The van der Waals surface area contributed by atoms with Crippen molar-refractivity contribution in [3.05, 3.63) is 0 Å². The zero-order valence-electron chi connectivity index (χ0n) is 36.0. The Labute approximate surface area is 309 Å². The summed E-state index contributed by atoms with van der Waals surface area (Å²) in [6.45, 7) is 50.6. The number of hydrogen-bond acceptors (Lipinski definition) is 11. The molecule has 0 aromatic heterocycles. The molecule has 0 aliphatic heterocycles. The third kappa shape index (κ3) is 27.5. The maximum Gasteiger partial charge on any atom is 0.640 e. The lowest BCUT2D eigenvalue weighted by molar-refractivity contribution is 0.104. The second-order valence-corrected chi connectivity index (χ2v) is 62.6. The topological polar surface area (TPSA) is 102 Å². The minimum Gasteiger partial charge on any atom is -0.417 e. The molecule has 0 N–H and O–H groups in total. The predicted molar refractivity (Wildman–Crippen MR) is 228 cm³/mol. The Morgan fingerprint density at radius 3 is 0.583 bits per heavy atom. The van der Waals surface area contributed by atoms with Crippen LogP contribution in [0.2, 0.25) is 157 Å². The Kier molecular flexibility index (Phi) is 19.6. The van der Waals surface area contributed by atoms with Crippen LogP contribution in [0.5, 0.6) is 0 Å². The fourth-order valence-corrected chi connectivity index (χ4v) is 42.7. The minimum atomic E-state index is -3.56. The van der Waals surface area contributed by atoms with Crippen LogP contribution in [0.25, 0.3) is 0 Å². The van der Waals surface area contributed by atoms with Crippen molar-refractivity contribution in [2.45, 2.75) is 157 Å². The minimum absolute atomic E-state index is 1.68. The third-order valence-corrected chi connectivity index (χ3v) is 38.4. The van der Waals surface area contributed by atoms with Gasteiger partial charge in [0.1, 0.15) is 0 Å². The van der Waals surface area contributed by atoms with E-state index in [2.05, 4.69) is 118 Å². The Morgan fingerprint density at radius 1 is 0.229 bits per heavy atom. The van der Waals surface area contributed by atoms with E-state index in [0.29, 0.717) is 0 Å². The molecule has 0 aliphatic rings. The van der Waals surface area contributed by atoms with E-state index in [1.165, 1.54) is 0 Å². The van der Waals surface area contributed by atoms with E-state index in [4.69, 9.17) is 45.9 Å². The highest BCUT2D eigenvalue weighted by Gasteiger charge is 2.61. The van der Waals surface area contributed by atoms with Gasteiger partial charge in [0, 0.05) is 27.3 Å². The zero-order chi connectivity index (χ0) is 39.3. The van der Waals surface area contributed by atoms with Gasteiger partial charge in [-0.3, -0.25) is 0 Å². The van der Waals surface area contributed by atoms with Crippen molar-refractivity contribution in [1.29, 1.82) is 0 Å². The molecule has 0 heterocycles. The summed E-state index contributed by atoms with van der Waals surface area (Å²) in [5, 5.41) is 0. The van der Waals surface area contributed by atoms with Crippen LogP contribution in [-0.2, 0) is 45.9 Å². The number of rotatable bonds is 20. The standard InChI is InChI=1S/C16H48O7Si7.C10H30O4Si4/c1-17-28(14,15)22-29(16,18-24(2,3)4)23-30(19-25(5,6)7,20-26(8,9)10)21-27(11,12)13;1-11-17(8,9)14-18(10,12-15(2,3)4)13-16(5,6)7/h1-16H3;1-10H3. The first-order chi connectivity index (χ1) is 20.5. The Balaban J connectivity index is 0. The quantitative estimate of drug-likeness (QED) is 0.109. The summed E-state index contributed by atoms with van der Waals surface area (Å²) >= 11 is 0. The molecular weight excluding hydrogens is 797 g/mol. The SMILES string of the molecule is CO[Si](C)(C)O[Si](C)(O[Si](C)(C)C)O[Si](C)(C)C.CO[Si](C)(C)O[Si](C)(O[Si](C)(C)C)O[Si](O[Si](C)(C)C)(O[Si](C)(C)C)O[Si](C)(C)C. The average Bonchev–Trinajstić information content (AvgIpc) is 2.63. The van der Waals surface area contributed by atoms with E-state index in [1.54, 1.807) is 14.2 Å². The van der Waals surface area contributed by atoms with Gasteiger partial charge in [-0.05, 0) is 144 Å². The highest BCUT2D eigenvalue weighted by atomic mass is 28.6. The maximum atomic E-state index is 6.83. The van der Waals surface area contributed by atoms with Gasteiger partial charge in [-0.25, -0.2) is 0 Å². The average molecular weight is 876 g/mol. The Bertz CT molecular complexity index is 909. The molecule has 0 rings (SSSR count). The zero-order valence-corrected chi connectivity index (χ0v) is 47.0. The van der Waals surface area contributed by atoms with Crippen LogP contribution in [0.1, 0.15) is 0 Å². The first kappa shape index (κ1) is 52.1. The van der Waals surface area contributed by atoms with Crippen LogP contribution in [0.15, 0.2) is 0 Å². The first-order valence-corrected chi connectivity index (χ1v) is 49.1. The van der Waals surface area contributed by atoms with Crippen molar-refractivity contribution < 1.29 is 45.9 Å². The molecule has 0 saturated heterocycles.